The fourth-order valence-electron chi connectivity index (χ4n) is 5.54. The highest BCUT2D eigenvalue weighted by Crippen LogP contribution is 2.17. The zero-order valence-electron chi connectivity index (χ0n) is 24.6. The Morgan fingerprint density at radius 2 is 0.500 bits per heavy atom. The van der Waals surface area contributed by atoms with Gasteiger partial charge in [0, 0.05) is 0 Å². The molecule has 0 fully saturated rings. The van der Waals surface area contributed by atoms with Gasteiger partial charge < -0.3 is 21.5 Å². The number of quaternary nitrogens is 1. The maximum absolute atomic E-state index is 2.44. The van der Waals surface area contributed by atoms with Crippen molar-refractivity contribution in [1.82, 2.24) is 0 Å². The van der Waals surface area contributed by atoms with Crippen molar-refractivity contribution < 1.29 is 21.5 Å². The molecule has 0 aromatic heterocycles. The lowest BCUT2D eigenvalue weighted by Crippen LogP contribution is -3.00. The Hall–Kier alpha value is 0.440. The van der Waals surface area contributed by atoms with E-state index in [9.17, 15) is 0 Å². The van der Waals surface area contributed by atoms with Crippen LogP contribution < -0.4 is 17.0 Å². The Bertz CT molecular complexity index is 323. The van der Waals surface area contributed by atoms with E-state index in [4.69, 9.17) is 0 Å². The molecule has 0 bridgehead atoms. The highest BCUT2D eigenvalue weighted by molar-refractivity contribution is 4.52. The molecule has 0 atom stereocenters. The van der Waals surface area contributed by atoms with Gasteiger partial charge in [-0.15, -0.1) is 0 Å². The molecule has 0 unspecified atom stereocenters. The molecule has 0 aromatic rings. The lowest BCUT2D eigenvalue weighted by molar-refractivity contribution is -0.925. The predicted molar refractivity (Wildman–Crippen MR) is 153 cm³/mol. The van der Waals surface area contributed by atoms with Crippen molar-refractivity contribution in [3.05, 3.63) is 0 Å². The van der Waals surface area contributed by atoms with Gasteiger partial charge in [-0.25, -0.2) is 0 Å². The largest absolute Gasteiger partial charge is 1.00 e. The van der Waals surface area contributed by atoms with Gasteiger partial charge in [0.15, 0.2) is 0 Å². The molecule has 0 aliphatic carbocycles. The number of hydrogen-bond donors (Lipinski definition) is 0. The molecular formula is C32H68BrN. The van der Waals surface area contributed by atoms with Gasteiger partial charge in [0.25, 0.3) is 0 Å². The molecule has 0 rings (SSSR count). The summed E-state index contributed by atoms with van der Waals surface area (Å²) in [7, 11) is 0. The van der Waals surface area contributed by atoms with Crippen molar-refractivity contribution in [3.63, 3.8) is 0 Å². The Balaban J connectivity index is 0. The van der Waals surface area contributed by atoms with Crippen LogP contribution in [0.2, 0.25) is 0 Å². The average molecular weight is 547 g/mol. The van der Waals surface area contributed by atoms with Gasteiger partial charge in [-0.2, -0.15) is 0 Å². The van der Waals surface area contributed by atoms with Gasteiger partial charge >= 0.3 is 0 Å². The van der Waals surface area contributed by atoms with E-state index in [1.54, 1.807) is 0 Å². The molecule has 0 N–H and O–H groups in total. The van der Waals surface area contributed by atoms with Gasteiger partial charge in [0.1, 0.15) is 0 Å². The molecule has 2 heteroatoms. The van der Waals surface area contributed by atoms with Crippen LogP contribution in [0.3, 0.4) is 0 Å². The zero-order valence-corrected chi connectivity index (χ0v) is 26.2. The highest BCUT2D eigenvalue weighted by atomic mass is 79.9. The molecule has 0 heterocycles. The van der Waals surface area contributed by atoms with E-state index in [0.29, 0.717) is 0 Å². The first-order chi connectivity index (χ1) is 16.2. The first-order valence-electron chi connectivity index (χ1n) is 16.1. The number of nitrogens with zero attached hydrogens (tertiary/aromatic N) is 1. The third-order valence-electron chi connectivity index (χ3n) is 8.31. The van der Waals surface area contributed by atoms with Gasteiger partial charge in [0.2, 0.25) is 0 Å². The zero-order chi connectivity index (χ0) is 24.3. The van der Waals surface area contributed by atoms with E-state index in [2.05, 4.69) is 27.7 Å². The summed E-state index contributed by atoms with van der Waals surface area (Å²) >= 11 is 0. The second kappa shape index (κ2) is 29.7. The minimum atomic E-state index is 0. The van der Waals surface area contributed by atoms with Crippen molar-refractivity contribution in [2.45, 2.75) is 182 Å². The molecular weight excluding hydrogens is 478 g/mol. The minimum absolute atomic E-state index is 0. The maximum Gasteiger partial charge on any atom is 0.0786 e. The molecule has 0 aliphatic rings. The Morgan fingerprint density at radius 1 is 0.294 bits per heavy atom. The second-order valence-electron chi connectivity index (χ2n) is 11.2. The molecule has 0 radical (unpaired) electrons. The van der Waals surface area contributed by atoms with Crippen molar-refractivity contribution >= 4 is 0 Å². The number of unbranched alkanes of at least 4 members (excludes halogenated alkanes) is 22. The number of halogens is 1. The molecule has 208 valence electrons. The molecule has 0 amide bonds. The maximum atomic E-state index is 2.44. The van der Waals surface area contributed by atoms with E-state index in [0.717, 1.165) is 0 Å². The fourth-order valence-corrected chi connectivity index (χ4v) is 5.54. The predicted octanol–water partition coefficient (Wildman–Crippen LogP) is 8.25. The Labute approximate surface area is 229 Å². The first kappa shape index (κ1) is 36.6. The fraction of sp³-hybridized carbons (Fsp3) is 1.00. The molecule has 34 heavy (non-hydrogen) atoms. The third kappa shape index (κ3) is 24.1. The molecule has 1 nitrogen and oxygen atoms in total. The summed E-state index contributed by atoms with van der Waals surface area (Å²) in [5.74, 6) is 0. The van der Waals surface area contributed by atoms with Crippen LogP contribution >= 0.6 is 0 Å². The summed E-state index contributed by atoms with van der Waals surface area (Å²) in [6.45, 7) is 15.0. The van der Waals surface area contributed by atoms with Crippen LogP contribution in [0.1, 0.15) is 182 Å². The van der Waals surface area contributed by atoms with Crippen LogP contribution in [0.15, 0.2) is 0 Å². The molecule has 0 saturated heterocycles. The molecule has 0 aliphatic heterocycles. The van der Waals surface area contributed by atoms with Gasteiger partial charge in [0.05, 0.1) is 26.2 Å². The number of hydrogen-bond acceptors (Lipinski definition) is 0. The van der Waals surface area contributed by atoms with Crippen molar-refractivity contribution in [1.29, 1.82) is 0 Å². The summed E-state index contributed by atoms with van der Waals surface area (Å²) in [6.07, 6.45) is 35.1. The average Bonchev–Trinajstić information content (AvgIpc) is 2.84. The van der Waals surface area contributed by atoms with E-state index < -0.39 is 0 Å². The lowest BCUT2D eigenvalue weighted by Gasteiger charge is -2.37. The van der Waals surface area contributed by atoms with Crippen molar-refractivity contribution in [3.8, 4) is 0 Å². The summed E-state index contributed by atoms with van der Waals surface area (Å²) in [5.41, 5.74) is 0. The smallest absolute Gasteiger partial charge is 0.0786 e. The lowest BCUT2D eigenvalue weighted by atomic mass is 10.0. The van der Waals surface area contributed by atoms with Crippen molar-refractivity contribution in [2.24, 2.45) is 0 Å². The highest BCUT2D eigenvalue weighted by Gasteiger charge is 2.21. The van der Waals surface area contributed by atoms with Crippen LogP contribution in [-0.2, 0) is 0 Å². The van der Waals surface area contributed by atoms with E-state index >= 15 is 0 Å². The Morgan fingerprint density at radius 3 is 0.706 bits per heavy atom. The van der Waals surface area contributed by atoms with Gasteiger partial charge in [-0.1, -0.05) is 142 Å². The molecule has 0 aromatic carbocycles. The van der Waals surface area contributed by atoms with Crippen LogP contribution in [0.25, 0.3) is 0 Å². The summed E-state index contributed by atoms with van der Waals surface area (Å²) < 4.78 is 1.38. The summed E-state index contributed by atoms with van der Waals surface area (Å²) in [6, 6.07) is 0. The normalized spacial score (nSPS) is 11.6. The van der Waals surface area contributed by atoms with E-state index in [1.165, 1.54) is 185 Å². The van der Waals surface area contributed by atoms with Gasteiger partial charge in [-0.05, 0) is 39.5 Å². The first-order valence-corrected chi connectivity index (χ1v) is 16.1. The minimum Gasteiger partial charge on any atom is -1.00 e. The van der Waals surface area contributed by atoms with Crippen molar-refractivity contribution in [2.75, 3.05) is 26.2 Å². The standard InChI is InChI=1S/C32H68N.BrH/c1-5-9-11-13-15-17-19-21-23-25-27-29-31-33(7-3,8-4)32-30-28-26-24-22-20-18-16-14-12-10-6-2;/h5-32H2,1-4H3;1H/q+1;/p-1. The van der Waals surface area contributed by atoms with E-state index in [1.807, 2.05) is 0 Å². The van der Waals surface area contributed by atoms with Gasteiger partial charge in [-0.3, -0.25) is 0 Å². The SMILES string of the molecule is CCCCCCCCCCCCCC[N+](CC)(CC)CCCCCCCCCCCCCC.[Br-]. The molecule has 0 saturated carbocycles. The Kier molecular flexibility index (Phi) is 31.9. The second-order valence-corrected chi connectivity index (χ2v) is 11.2. The quantitative estimate of drug-likeness (QED) is 0.0685. The summed E-state index contributed by atoms with van der Waals surface area (Å²) in [4.78, 5) is 0. The van der Waals surface area contributed by atoms with Crippen LogP contribution in [-0.4, -0.2) is 30.7 Å². The third-order valence-corrected chi connectivity index (χ3v) is 8.31. The number of rotatable bonds is 28. The van der Waals surface area contributed by atoms with E-state index in [-0.39, 0.29) is 17.0 Å². The monoisotopic (exact) mass is 545 g/mol. The topological polar surface area (TPSA) is 0 Å². The van der Waals surface area contributed by atoms with Crippen LogP contribution in [0, 0.1) is 0 Å². The molecule has 0 spiro atoms. The van der Waals surface area contributed by atoms with Crippen LogP contribution in [0.4, 0.5) is 0 Å². The summed E-state index contributed by atoms with van der Waals surface area (Å²) in [5, 5.41) is 0. The van der Waals surface area contributed by atoms with Crippen LogP contribution in [0.5, 0.6) is 0 Å².